The Balaban J connectivity index is 1.82. The summed E-state index contributed by atoms with van der Waals surface area (Å²) in [7, 11) is 2.00. The van der Waals surface area contributed by atoms with Crippen LogP contribution in [0.25, 0.3) is 0 Å². The predicted molar refractivity (Wildman–Crippen MR) is 77.0 cm³/mol. The van der Waals surface area contributed by atoms with Crippen molar-refractivity contribution in [3.8, 4) is 0 Å². The number of hydrogen-bond acceptors (Lipinski definition) is 4. The van der Waals surface area contributed by atoms with Gasteiger partial charge in [0.15, 0.2) is 0 Å². The second-order valence-electron chi connectivity index (χ2n) is 5.05. The normalized spacial score (nSPS) is 14.6. The molecule has 1 aliphatic carbocycles. The maximum Gasteiger partial charge on any atom is 0.142 e. The molecule has 1 aliphatic rings. The topological polar surface area (TPSA) is 42.2 Å². The van der Waals surface area contributed by atoms with E-state index in [2.05, 4.69) is 9.27 Å². The lowest BCUT2D eigenvalue weighted by molar-refractivity contribution is 0.625. The van der Waals surface area contributed by atoms with Gasteiger partial charge in [0.2, 0.25) is 0 Å². The number of nitrogens with zero attached hydrogens (tertiary/aromatic N) is 2. The fourth-order valence-electron chi connectivity index (χ4n) is 2.31. The third kappa shape index (κ3) is 2.56. The molecule has 5 heteroatoms. The van der Waals surface area contributed by atoms with E-state index in [1.807, 2.05) is 13.1 Å². The summed E-state index contributed by atoms with van der Waals surface area (Å²) in [5, 5.41) is 1.12. The Labute approximate surface area is 116 Å². The largest absolute Gasteiger partial charge is 0.383 e. The number of hydrogen-bond donors (Lipinski definition) is 1. The summed E-state index contributed by atoms with van der Waals surface area (Å²) in [6, 6.07) is 6.70. The summed E-state index contributed by atoms with van der Waals surface area (Å²) in [5.41, 5.74) is 8.09. The average Bonchev–Trinajstić information content (AvgIpc) is 3.12. The Bertz CT molecular complexity index is 592. The zero-order valence-corrected chi connectivity index (χ0v) is 11.6. The van der Waals surface area contributed by atoms with Crippen molar-refractivity contribution in [1.29, 1.82) is 0 Å². The van der Waals surface area contributed by atoms with Gasteiger partial charge in [-0.2, -0.15) is 4.37 Å². The molecule has 0 spiro atoms. The molecule has 3 nitrogen and oxygen atoms in total. The number of nitrogens with two attached hydrogens (primary N) is 1. The Kier molecular flexibility index (Phi) is 3.14. The predicted octanol–water partition coefficient (Wildman–Crippen LogP) is 3.38. The molecule has 1 aromatic heterocycles. The monoisotopic (exact) mass is 277 g/mol. The highest BCUT2D eigenvalue weighted by Gasteiger charge is 2.31. The van der Waals surface area contributed by atoms with Crippen molar-refractivity contribution in [3.63, 3.8) is 0 Å². The average molecular weight is 277 g/mol. The number of halogens is 1. The van der Waals surface area contributed by atoms with Crippen molar-refractivity contribution >= 4 is 22.4 Å². The first-order valence-electron chi connectivity index (χ1n) is 6.36. The summed E-state index contributed by atoms with van der Waals surface area (Å²) < 4.78 is 17.5. The molecular formula is C14H16FN3S. The van der Waals surface area contributed by atoms with Crippen LogP contribution in [0.1, 0.15) is 29.9 Å². The molecule has 2 aromatic rings. The Morgan fingerprint density at radius 2 is 2.26 bits per heavy atom. The van der Waals surface area contributed by atoms with Crippen molar-refractivity contribution in [2.24, 2.45) is 0 Å². The highest BCUT2D eigenvalue weighted by atomic mass is 32.1. The van der Waals surface area contributed by atoms with E-state index in [4.69, 9.17) is 5.73 Å². The van der Waals surface area contributed by atoms with Gasteiger partial charge < -0.3 is 10.6 Å². The van der Waals surface area contributed by atoms with Crippen LogP contribution in [0.5, 0.6) is 0 Å². The lowest BCUT2D eigenvalue weighted by Crippen LogP contribution is -2.16. The second kappa shape index (κ2) is 4.81. The first-order valence-corrected chi connectivity index (χ1v) is 7.13. The number of anilines is 2. The molecule has 2 N–H and O–H groups in total. The molecule has 1 saturated carbocycles. The van der Waals surface area contributed by atoms with Gasteiger partial charge in [-0.25, -0.2) is 4.39 Å². The third-order valence-electron chi connectivity index (χ3n) is 3.38. The number of benzene rings is 1. The van der Waals surface area contributed by atoms with Gasteiger partial charge in [0.05, 0.1) is 0 Å². The molecule has 0 aliphatic heterocycles. The SMILES string of the molecule is CN(Cc1cccc(F)c1)c1snc(N)c1C1CC1. The quantitative estimate of drug-likeness (QED) is 0.931. The highest BCUT2D eigenvalue weighted by molar-refractivity contribution is 7.10. The van der Waals surface area contributed by atoms with E-state index >= 15 is 0 Å². The molecule has 0 atom stereocenters. The van der Waals surface area contributed by atoms with Crippen LogP contribution >= 0.6 is 11.5 Å². The van der Waals surface area contributed by atoms with Crippen molar-refractivity contribution < 1.29 is 4.39 Å². The molecule has 1 aromatic carbocycles. The van der Waals surface area contributed by atoms with Gasteiger partial charge >= 0.3 is 0 Å². The van der Waals surface area contributed by atoms with E-state index in [0.717, 1.165) is 10.6 Å². The van der Waals surface area contributed by atoms with Gasteiger partial charge in [0.25, 0.3) is 0 Å². The second-order valence-corrected chi connectivity index (χ2v) is 5.80. The van der Waals surface area contributed by atoms with Gasteiger partial charge in [0, 0.05) is 19.2 Å². The summed E-state index contributed by atoms with van der Waals surface area (Å²) in [5.74, 6) is 1.04. The summed E-state index contributed by atoms with van der Waals surface area (Å²) in [4.78, 5) is 2.11. The lowest BCUT2D eigenvalue weighted by Gasteiger charge is -2.18. The molecule has 100 valence electrons. The molecule has 3 rings (SSSR count). The van der Waals surface area contributed by atoms with Crippen LogP contribution in [0.3, 0.4) is 0 Å². The molecule has 0 saturated heterocycles. The van der Waals surface area contributed by atoms with Gasteiger partial charge in [-0.15, -0.1) is 0 Å². The third-order valence-corrected chi connectivity index (χ3v) is 4.37. The van der Waals surface area contributed by atoms with Crippen LogP contribution < -0.4 is 10.6 Å². The minimum Gasteiger partial charge on any atom is -0.383 e. The molecule has 1 fully saturated rings. The molecule has 0 amide bonds. The van der Waals surface area contributed by atoms with Crippen molar-refractivity contribution in [2.45, 2.75) is 25.3 Å². The molecule has 19 heavy (non-hydrogen) atoms. The molecule has 0 radical (unpaired) electrons. The Morgan fingerprint density at radius 1 is 1.47 bits per heavy atom. The number of aromatic nitrogens is 1. The lowest BCUT2D eigenvalue weighted by atomic mass is 10.1. The molecular weight excluding hydrogens is 261 g/mol. The van der Waals surface area contributed by atoms with Crippen molar-refractivity contribution in [3.05, 3.63) is 41.2 Å². The van der Waals surface area contributed by atoms with Crippen LogP contribution in [0.15, 0.2) is 24.3 Å². The van der Waals surface area contributed by atoms with Gasteiger partial charge in [-0.05, 0) is 48.0 Å². The van der Waals surface area contributed by atoms with Gasteiger partial charge in [-0.1, -0.05) is 12.1 Å². The van der Waals surface area contributed by atoms with Crippen LogP contribution in [0, 0.1) is 5.82 Å². The van der Waals surface area contributed by atoms with E-state index in [1.54, 1.807) is 12.1 Å². The standard InChI is InChI=1S/C14H16FN3S/c1-18(8-9-3-2-4-11(15)7-9)14-12(10-5-6-10)13(16)17-19-14/h2-4,7,10H,5-6,8H2,1H3,(H2,16,17). The molecule has 0 bridgehead atoms. The first kappa shape index (κ1) is 12.4. The number of nitrogen functional groups attached to an aromatic ring is 1. The van der Waals surface area contributed by atoms with Crippen LogP contribution in [-0.4, -0.2) is 11.4 Å². The van der Waals surface area contributed by atoms with Crippen molar-refractivity contribution in [2.75, 3.05) is 17.7 Å². The zero-order valence-electron chi connectivity index (χ0n) is 10.8. The minimum absolute atomic E-state index is 0.197. The van der Waals surface area contributed by atoms with Crippen LogP contribution in [0.2, 0.25) is 0 Å². The highest BCUT2D eigenvalue weighted by Crippen LogP contribution is 2.48. The maximum atomic E-state index is 13.2. The number of rotatable bonds is 4. The Hall–Kier alpha value is -1.62. The first-order chi connectivity index (χ1) is 9.15. The van der Waals surface area contributed by atoms with Crippen molar-refractivity contribution in [1.82, 2.24) is 4.37 Å². The smallest absolute Gasteiger partial charge is 0.142 e. The summed E-state index contributed by atoms with van der Waals surface area (Å²) in [6.45, 7) is 0.666. The minimum atomic E-state index is -0.197. The van der Waals surface area contributed by atoms with Crippen LogP contribution in [0.4, 0.5) is 15.2 Å². The molecule has 1 heterocycles. The van der Waals surface area contributed by atoms with E-state index in [9.17, 15) is 4.39 Å². The Morgan fingerprint density at radius 3 is 2.95 bits per heavy atom. The van der Waals surface area contributed by atoms with Gasteiger partial charge in [0.1, 0.15) is 16.6 Å². The van der Waals surface area contributed by atoms with Gasteiger partial charge in [-0.3, -0.25) is 0 Å². The fourth-order valence-corrected chi connectivity index (χ4v) is 3.17. The van der Waals surface area contributed by atoms with E-state index < -0.39 is 0 Å². The van der Waals surface area contributed by atoms with Crippen LogP contribution in [-0.2, 0) is 6.54 Å². The summed E-state index contributed by atoms with van der Waals surface area (Å²) >= 11 is 1.43. The van der Waals surface area contributed by atoms with E-state index in [-0.39, 0.29) is 5.82 Å². The maximum absolute atomic E-state index is 13.2. The summed E-state index contributed by atoms with van der Waals surface area (Å²) in [6.07, 6.45) is 2.40. The molecule has 0 unspecified atom stereocenters. The van der Waals surface area contributed by atoms with E-state index in [0.29, 0.717) is 18.3 Å². The zero-order chi connectivity index (χ0) is 13.4. The fraction of sp³-hybridized carbons (Fsp3) is 0.357. The van der Waals surface area contributed by atoms with E-state index in [1.165, 1.54) is 36.0 Å².